The van der Waals surface area contributed by atoms with Crippen LogP contribution in [0.5, 0.6) is 0 Å². The summed E-state index contributed by atoms with van der Waals surface area (Å²) in [6, 6.07) is 0.335. The lowest BCUT2D eigenvalue weighted by atomic mass is 10.1. The molecule has 2 unspecified atom stereocenters. The zero-order chi connectivity index (χ0) is 10.8. The number of nitrogens with zero attached hydrogens (tertiary/aromatic N) is 1. The molecule has 0 radical (unpaired) electrons. The standard InChI is InChI=1S/C12H19NO2/c1-9(2)8-12(14)13-6-7-15-11-5-3-4-10(11)13/h8,10-11H,3-7H2,1-2H3. The van der Waals surface area contributed by atoms with Gasteiger partial charge in [0.25, 0.3) is 0 Å². The number of carbonyl (C=O) groups excluding carboxylic acids is 1. The highest BCUT2D eigenvalue weighted by molar-refractivity contribution is 5.88. The minimum Gasteiger partial charge on any atom is -0.374 e. The van der Waals surface area contributed by atoms with E-state index in [2.05, 4.69) is 0 Å². The number of carbonyl (C=O) groups is 1. The van der Waals surface area contributed by atoms with Gasteiger partial charge in [-0.3, -0.25) is 4.79 Å². The second-order valence-electron chi connectivity index (χ2n) is 4.66. The molecule has 15 heavy (non-hydrogen) atoms. The van der Waals surface area contributed by atoms with E-state index in [4.69, 9.17) is 4.74 Å². The maximum absolute atomic E-state index is 11.9. The molecule has 1 saturated carbocycles. The number of allylic oxidation sites excluding steroid dienone is 1. The van der Waals surface area contributed by atoms with Gasteiger partial charge < -0.3 is 9.64 Å². The van der Waals surface area contributed by atoms with Gasteiger partial charge in [0.2, 0.25) is 5.91 Å². The number of amides is 1. The molecule has 1 aliphatic carbocycles. The molecule has 1 amide bonds. The Balaban J connectivity index is 2.07. The van der Waals surface area contributed by atoms with Crippen molar-refractivity contribution in [1.82, 2.24) is 4.90 Å². The van der Waals surface area contributed by atoms with Crippen LogP contribution in [-0.4, -0.2) is 36.1 Å². The molecule has 3 nitrogen and oxygen atoms in total. The Labute approximate surface area is 91.1 Å². The predicted molar refractivity (Wildman–Crippen MR) is 58.5 cm³/mol. The fraction of sp³-hybridized carbons (Fsp3) is 0.750. The van der Waals surface area contributed by atoms with E-state index in [-0.39, 0.29) is 5.91 Å². The highest BCUT2D eigenvalue weighted by Crippen LogP contribution is 2.29. The number of hydrogen-bond donors (Lipinski definition) is 0. The number of rotatable bonds is 1. The fourth-order valence-corrected chi connectivity index (χ4v) is 2.53. The van der Waals surface area contributed by atoms with Gasteiger partial charge >= 0.3 is 0 Å². The van der Waals surface area contributed by atoms with Gasteiger partial charge in [-0.1, -0.05) is 5.57 Å². The van der Waals surface area contributed by atoms with Crippen LogP contribution < -0.4 is 0 Å². The van der Waals surface area contributed by atoms with Gasteiger partial charge in [0, 0.05) is 12.6 Å². The minimum absolute atomic E-state index is 0.162. The predicted octanol–water partition coefficient (Wildman–Crippen LogP) is 1.73. The van der Waals surface area contributed by atoms with Gasteiger partial charge in [-0.25, -0.2) is 0 Å². The second-order valence-corrected chi connectivity index (χ2v) is 4.66. The van der Waals surface area contributed by atoms with Crippen LogP contribution in [0.1, 0.15) is 33.1 Å². The quantitative estimate of drug-likeness (QED) is 0.615. The Bertz CT molecular complexity index is 281. The molecule has 1 heterocycles. The number of morpholine rings is 1. The van der Waals surface area contributed by atoms with Crippen LogP contribution in [0.3, 0.4) is 0 Å². The first-order valence-electron chi connectivity index (χ1n) is 5.75. The molecule has 3 heteroatoms. The van der Waals surface area contributed by atoms with Crippen LogP contribution in [0.25, 0.3) is 0 Å². The fourth-order valence-electron chi connectivity index (χ4n) is 2.53. The third-order valence-corrected chi connectivity index (χ3v) is 3.18. The van der Waals surface area contributed by atoms with Crippen molar-refractivity contribution in [2.75, 3.05) is 13.2 Å². The average Bonchev–Trinajstić information content (AvgIpc) is 2.63. The van der Waals surface area contributed by atoms with Gasteiger partial charge in [0.1, 0.15) is 0 Å². The first kappa shape index (κ1) is 10.7. The van der Waals surface area contributed by atoms with E-state index in [1.165, 1.54) is 6.42 Å². The third-order valence-electron chi connectivity index (χ3n) is 3.18. The van der Waals surface area contributed by atoms with Crippen molar-refractivity contribution >= 4 is 5.91 Å². The van der Waals surface area contributed by atoms with E-state index < -0.39 is 0 Å². The van der Waals surface area contributed by atoms with Gasteiger partial charge in [-0.05, 0) is 33.1 Å². The maximum Gasteiger partial charge on any atom is 0.246 e. The Morgan fingerprint density at radius 2 is 2.20 bits per heavy atom. The van der Waals surface area contributed by atoms with Gasteiger partial charge in [-0.2, -0.15) is 0 Å². The topological polar surface area (TPSA) is 29.5 Å². The van der Waals surface area contributed by atoms with Crippen molar-refractivity contribution in [2.24, 2.45) is 0 Å². The molecule has 0 aromatic rings. The van der Waals surface area contributed by atoms with Crippen molar-refractivity contribution in [3.05, 3.63) is 11.6 Å². The highest BCUT2D eigenvalue weighted by Gasteiger charge is 2.37. The molecule has 0 aromatic carbocycles. The van der Waals surface area contributed by atoms with Gasteiger partial charge in [0.15, 0.2) is 0 Å². The monoisotopic (exact) mass is 209 g/mol. The summed E-state index contributed by atoms with van der Waals surface area (Å²) in [5, 5.41) is 0. The summed E-state index contributed by atoms with van der Waals surface area (Å²) >= 11 is 0. The minimum atomic E-state index is 0.162. The molecule has 0 N–H and O–H groups in total. The smallest absolute Gasteiger partial charge is 0.246 e. The van der Waals surface area contributed by atoms with E-state index in [1.54, 1.807) is 6.08 Å². The zero-order valence-corrected chi connectivity index (χ0v) is 9.53. The van der Waals surface area contributed by atoms with E-state index in [0.29, 0.717) is 18.8 Å². The molecule has 0 aromatic heterocycles. The number of fused-ring (bicyclic) bond motifs is 1. The van der Waals surface area contributed by atoms with Crippen LogP contribution in [0, 0.1) is 0 Å². The van der Waals surface area contributed by atoms with Gasteiger partial charge in [-0.15, -0.1) is 0 Å². The van der Waals surface area contributed by atoms with Gasteiger partial charge in [0.05, 0.1) is 18.8 Å². The SMILES string of the molecule is CC(C)=CC(=O)N1CCOC2CCCC21. The van der Waals surface area contributed by atoms with E-state index in [0.717, 1.165) is 25.0 Å². The van der Waals surface area contributed by atoms with Crippen molar-refractivity contribution in [1.29, 1.82) is 0 Å². The molecule has 84 valence electrons. The summed E-state index contributed by atoms with van der Waals surface area (Å²) in [6.07, 6.45) is 5.44. The Hall–Kier alpha value is -0.830. The average molecular weight is 209 g/mol. The van der Waals surface area contributed by atoms with Crippen LogP contribution in [-0.2, 0) is 9.53 Å². The van der Waals surface area contributed by atoms with Crippen molar-refractivity contribution in [3.8, 4) is 0 Å². The normalized spacial score (nSPS) is 29.9. The molecule has 1 saturated heterocycles. The molecule has 2 fully saturated rings. The second kappa shape index (κ2) is 4.35. The summed E-state index contributed by atoms with van der Waals surface area (Å²) in [5.74, 6) is 0.162. The highest BCUT2D eigenvalue weighted by atomic mass is 16.5. The lowest BCUT2D eigenvalue weighted by molar-refractivity contribution is -0.138. The molecule has 2 rings (SSSR count). The first-order chi connectivity index (χ1) is 7.18. The van der Waals surface area contributed by atoms with Crippen LogP contribution in [0.4, 0.5) is 0 Å². The molecular weight excluding hydrogens is 190 g/mol. The number of hydrogen-bond acceptors (Lipinski definition) is 2. The first-order valence-corrected chi connectivity index (χ1v) is 5.75. The van der Waals surface area contributed by atoms with Crippen molar-refractivity contribution < 1.29 is 9.53 Å². The van der Waals surface area contributed by atoms with Crippen LogP contribution in [0.15, 0.2) is 11.6 Å². The molecule has 1 aliphatic heterocycles. The molecule has 0 bridgehead atoms. The summed E-state index contributed by atoms with van der Waals surface area (Å²) < 4.78 is 5.67. The Morgan fingerprint density at radius 1 is 1.40 bits per heavy atom. The Morgan fingerprint density at radius 3 is 2.93 bits per heavy atom. The number of ether oxygens (including phenoxy) is 1. The zero-order valence-electron chi connectivity index (χ0n) is 9.53. The van der Waals surface area contributed by atoms with Crippen LogP contribution >= 0.6 is 0 Å². The largest absolute Gasteiger partial charge is 0.374 e. The summed E-state index contributed by atoms with van der Waals surface area (Å²) in [5.41, 5.74) is 1.07. The van der Waals surface area contributed by atoms with Crippen molar-refractivity contribution in [3.63, 3.8) is 0 Å². The van der Waals surface area contributed by atoms with E-state index >= 15 is 0 Å². The molecular formula is C12H19NO2. The summed E-state index contributed by atoms with van der Waals surface area (Å²) in [7, 11) is 0. The molecule has 0 spiro atoms. The van der Waals surface area contributed by atoms with E-state index in [1.807, 2.05) is 18.7 Å². The lowest BCUT2D eigenvalue weighted by Crippen LogP contribution is -2.50. The lowest BCUT2D eigenvalue weighted by Gasteiger charge is -2.37. The summed E-state index contributed by atoms with van der Waals surface area (Å²) in [4.78, 5) is 13.9. The summed E-state index contributed by atoms with van der Waals surface area (Å²) in [6.45, 7) is 5.38. The maximum atomic E-state index is 11.9. The van der Waals surface area contributed by atoms with E-state index in [9.17, 15) is 4.79 Å². The van der Waals surface area contributed by atoms with Crippen LogP contribution in [0.2, 0.25) is 0 Å². The molecule has 2 aliphatic rings. The Kier molecular flexibility index (Phi) is 3.10. The van der Waals surface area contributed by atoms with Crippen molar-refractivity contribution in [2.45, 2.75) is 45.3 Å². The third kappa shape index (κ3) is 2.23. The molecule has 2 atom stereocenters.